The smallest absolute Gasteiger partial charge is 0.319 e. The van der Waals surface area contributed by atoms with E-state index in [1.54, 1.807) is 6.07 Å². The number of alkyl halides is 3. The molecule has 0 spiro atoms. The molecule has 1 aliphatic carbocycles. The SMILES string of the molecule is CNCC1(c2cccc(C(F)(F)F)c2)CC=CC1. The highest BCUT2D eigenvalue weighted by atomic mass is 19.4. The van der Waals surface area contributed by atoms with E-state index in [2.05, 4.69) is 5.32 Å². The van der Waals surface area contributed by atoms with Gasteiger partial charge >= 0.3 is 6.18 Å². The zero-order chi connectivity index (χ0) is 13.2. The molecule has 1 aromatic carbocycles. The molecule has 98 valence electrons. The van der Waals surface area contributed by atoms with Crippen LogP contribution >= 0.6 is 0 Å². The van der Waals surface area contributed by atoms with Crippen molar-refractivity contribution in [3.63, 3.8) is 0 Å². The lowest BCUT2D eigenvalue weighted by Crippen LogP contribution is -2.34. The first-order chi connectivity index (χ1) is 8.48. The van der Waals surface area contributed by atoms with Gasteiger partial charge < -0.3 is 5.32 Å². The maximum absolute atomic E-state index is 12.7. The van der Waals surface area contributed by atoms with Crippen LogP contribution in [0.2, 0.25) is 0 Å². The number of benzene rings is 1. The normalized spacial score (nSPS) is 18.2. The van der Waals surface area contributed by atoms with E-state index in [0.717, 1.165) is 24.5 Å². The van der Waals surface area contributed by atoms with Crippen molar-refractivity contribution >= 4 is 0 Å². The maximum Gasteiger partial charge on any atom is 0.416 e. The van der Waals surface area contributed by atoms with Crippen molar-refractivity contribution in [2.75, 3.05) is 13.6 Å². The Bertz CT molecular complexity index is 441. The van der Waals surface area contributed by atoms with Gasteiger partial charge in [0.25, 0.3) is 0 Å². The van der Waals surface area contributed by atoms with Gasteiger partial charge in [-0.3, -0.25) is 0 Å². The molecule has 0 saturated carbocycles. The summed E-state index contributed by atoms with van der Waals surface area (Å²) in [5, 5.41) is 3.09. The van der Waals surface area contributed by atoms with Crippen molar-refractivity contribution in [1.29, 1.82) is 0 Å². The minimum absolute atomic E-state index is 0.226. The lowest BCUT2D eigenvalue weighted by Gasteiger charge is -2.30. The van der Waals surface area contributed by atoms with Crippen LogP contribution in [0, 0.1) is 0 Å². The molecule has 0 saturated heterocycles. The van der Waals surface area contributed by atoms with Crippen LogP contribution in [0.15, 0.2) is 36.4 Å². The van der Waals surface area contributed by atoms with Gasteiger partial charge in [0.1, 0.15) is 0 Å². The number of halogens is 3. The molecular weight excluding hydrogens is 239 g/mol. The zero-order valence-electron chi connectivity index (χ0n) is 10.2. The van der Waals surface area contributed by atoms with Gasteiger partial charge in [-0.2, -0.15) is 13.2 Å². The molecule has 0 bridgehead atoms. The minimum atomic E-state index is -4.27. The Hall–Kier alpha value is -1.29. The molecule has 0 aromatic heterocycles. The van der Waals surface area contributed by atoms with Crippen LogP contribution in [0.1, 0.15) is 24.0 Å². The Labute approximate surface area is 105 Å². The van der Waals surface area contributed by atoms with E-state index >= 15 is 0 Å². The van der Waals surface area contributed by atoms with E-state index in [4.69, 9.17) is 0 Å². The van der Waals surface area contributed by atoms with E-state index in [9.17, 15) is 13.2 Å². The van der Waals surface area contributed by atoms with Crippen LogP contribution < -0.4 is 5.32 Å². The largest absolute Gasteiger partial charge is 0.416 e. The third-order valence-electron chi connectivity index (χ3n) is 3.50. The molecule has 1 aliphatic rings. The minimum Gasteiger partial charge on any atom is -0.319 e. The van der Waals surface area contributed by atoms with Gasteiger partial charge in [0.05, 0.1) is 5.56 Å². The van der Waals surface area contributed by atoms with E-state index in [0.29, 0.717) is 6.54 Å². The lowest BCUT2D eigenvalue weighted by molar-refractivity contribution is -0.137. The van der Waals surface area contributed by atoms with Crippen LogP contribution in [0.5, 0.6) is 0 Å². The third-order valence-corrected chi connectivity index (χ3v) is 3.50. The van der Waals surface area contributed by atoms with Crippen LogP contribution in [0.4, 0.5) is 13.2 Å². The van der Waals surface area contributed by atoms with Gasteiger partial charge in [-0.1, -0.05) is 30.4 Å². The number of rotatable bonds is 3. The van der Waals surface area contributed by atoms with E-state index in [1.807, 2.05) is 19.2 Å². The van der Waals surface area contributed by atoms with Crippen molar-refractivity contribution in [2.24, 2.45) is 0 Å². The average molecular weight is 255 g/mol. The molecule has 4 heteroatoms. The Kier molecular flexibility index (Phi) is 3.48. The fourth-order valence-electron chi connectivity index (χ4n) is 2.55. The average Bonchev–Trinajstić information content (AvgIpc) is 2.79. The van der Waals surface area contributed by atoms with Crippen LogP contribution in [0.3, 0.4) is 0 Å². The van der Waals surface area contributed by atoms with Gasteiger partial charge in [0.15, 0.2) is 0 Å². The second-order valence-electron chi connectivity index (χ2n) is 4.77. The summed E-state index contributed by atoms with van der Waals surface area (Å²) in [7, 11) is 1.83. The van der Waals surface area contributed by atoms with E-state index < -0.39 is 11.7 Å². The van der Waals surface area contributed by atoms with Crippen LogP contribution in [-0.4, -0.2) is 13.6 Å². The third kappa shape index (κ3) is 2.43. The number of nitrogens with one attached hydrogen (secondary N) is 1. The van der Waals surface area contributed by atoms with E-state index in [1.165, 1.54) is 12.1 Å². The first-order valence-electron chi connectivity index (χ1n) is 5.95. The molecule has 1 aromatic rings. The molecule has 0 fully saturated rings. The molecule has 0 amide bonds. The summed E-state index contributed by atoms with van der Waals surface area (Å²) in [6.07, 6.45) is 1.38. The maximum atomic E-state index is 12.7. The Morgan fingerprint density at radius 2 is 1.89 bits per heavy atom. The van der Waals surface area contributed by atoms with Crippen molar-refractivity contribution in [3.05, 3.63) is 47.5 Å². The number of hydrogen-bond donors (Lipinski definition) is 1. The van der Waals surface area contributed by atoms with Gasteiger partial charge in [-0.05, 0) is 31.5 Å². The highest BCUT2D eigenvalue weighted by Crippen LogP contribution is 2.39. The summed E-state index contributed by atoms with van der Waals surface area (Å²) in [4.78, 5) is 0. The highest BCUT2D eigenvalue weighted by Gasteiger charge is 2.35. The predicted octanol–water partition coefficient (Wildman–Crippen LogP) is 3.51. The van der Waals surface area contributed by atoms with Crippen molar-refractivity contribution in [3.8, 4) is 0 Å². The summed E-state index contributed by atoms with van der Waals surface area (Å²) in [6, 6.07) is 5.69. The van der Waals surface area contributed by atoms with Gasteiger partial charge in [0, 0.05) is 12.0 Å². The summed E-state index contributed by atoms with van der Waals surface area (Å²) in [6.45, 7) is 0.682. The van der Waals surface area contributed by atoms with Crippen molar-refractivity contribution in [2.45, 2.75) is 24.4 Å². The molecule has 0 unspecified atom stereocenters. The van der Waals surface area contributed by atoms with Gasteiger partial charge in [-0.15, -0.1) is 0 Å². The number of hydrogen-bond acceptors (Lipinski definition) is 1. The molecule has 1 N–H and O–H groups in total. The Morgan fingerprint density at radius 1 is 1.22 bits per heavy atom. The standard InChI is InChI=1S/C14H16F3N/c1-18-10-13(7-2-3-8-13)11-5-4-6-12(9-11)14(15,16)17/h2-6,9,18H,7-8,10H2,1H3. The quantitative estimate of drug-likeness (QED) is 0.815. The summed E-state index contributed by atoms with van der Waals surface area (Å²) in [5.74, 6) is 0. The van der Waals surface area contributed by atoms with Crippen molar-refractivity contribution < 1.29 is 13.2 Å². The summed E-state index contributed by atoms with van der Waals surface area (Å²) < 4.78 is 38.2. The molecule has 0 aliphatic heterocycles. The topological polar surface area (TPSA) is 12.0 Å². The molecule has 18 heavy (non-hydrogen) atoms. The van der Waals surface area contributed by atoms with Crippen LogP contribution in [-0.2, 0) is 11.6 Å². The second-order valence-corrected chi connectivity index (χ2v) is 4.77. The predicted molar refractivity (Wildman–Crippen MR) is 65.4 cm³/mol. The fourth-order valence-corrected chi connectivity index (χ4v) is 2.55. The Morgan fingerprint density at radius 3 is 2.44 bits per heavy atom. The Balaban J connectivity index is 2.37. The first kappa shape index (κ1) is 13.1. The monoisotopic (exact) mass is 255 g/mol. The molecule has 0 heterocycles. The number of likely N-dealkylation sites (N-methyl/N-ethyl adjacent to an activating group) is 1. The molecule has 1 nitrogen and oxygen atoms in total. The van der Waals surface area contributed by atoms with Gasteiger partial charge in [0.2, 0.25) is 0 Å². The first-order valence-corrected chi connectivity index (χ1v) is 5.95. The molecule has 0 radical (unpaired) electrons. The molecular formula is C14H16F3N. The van der Waals surface area contributed by atoms with Crippen LogP contribution in [0.25, 0.3) is 0 Å². The van der Waals surface area contributed by atoms with E-state index in [-0.39, 0.29) is 5.41 Å². The summed E-state index contributed by atoms with van der Waals surface area (Å²) >= 11 is 0. The zero-order valence-corrected chi connectivity index (χ0v) is 10.2. The number of allylic oxidation sites excluding steroid dienone is 2. The van der Waals surface area contributed by atoms with Crippen molar-refractivity contribution in [1.82, 2.24) is 5.32 Å². The fraction of sp³-hybridized carbons (Fsp3) is 0.429. The lowest BCUT2D eigenvalue weighted by atomic mass is 9.77. The molecule has 0 atom stereocenters. The second kappa shape index (κ2) is 4.76. The molecule has 2 rings (SSSR count). The van der Waals surface area contributed by atoms with Gasteiger partial charge in [-0.25, -0.2) is 0 Å². The summed E-state index contributed by atoms with van der Waals surface area (Å²) in [5.41, 5.74) is -0.0326. The highest BCUT2D eigenvalue weighted by molar-refractivity contribution is 5.35.